The molecule has 0 aromatic carbocycles. The summed E-state index contributed by atoms with van der Waals surface area (Å²) < 4.78 is 0. The number of rotatable bonds is 6. The molecule has 0 aromatic rings. The van der Waals surface area contributed by atoms with Crippen molar-refractivity contribution < 1.29 is 14.7 Å². The second-order valence-electron chi connectivity index (χ2n) is 4.64. The standard InChI is InChI=1S/C11H22N2O3/c1-7(2)10(11(15)16)12-9(14)6-13(5)8(3)4/h7-8,10H,6H2,1-5H3,(H,12,14)(H,15,16)/t10-/m1/s1. The molecule has 0 unspecified atom stereocenters. The maximum Gasteiger partial charge on any atom is 0.326 e. The highest BCUT2D eigenvalue weighted by atomic mass is 16.4. The van der Waals surface area contributed by atoms with Crippen molar-refractivity contribution in [3.05, 3.63) is 0 Å². The number of carbonyl (C=O) groups is 2. The average molecular weight is 230 g/mol. The van der Waals surface area contributed by atoms with Gasteiger partial charge < -0.3 is 10.4 Å². The molecule has 5 heteroatoms. The lowest BCUT2D eigenvalue weighted by molar-refractivity contribution is -0.143. The summed E-state index contributed by atoms with van der Waals surface area (Å²) in [5.41, 5.74) is 0. The molecule has 0 heterocycles. The van der Waals surface area contributed by atoms with Gasteiger partial charge >= 0.3 is 5.97 Å². The van der Waals surface area contributed by atoms with Crippen LogP contribution in [-0.2, 0) is 9.59 Å². The van der Waals surface area contributed by atoms with Gasteiger partial charge in [-0.1, -0.05) is 13.8 Å². The maximum atomic E-state index is 11.6. The van der Waals surface area contributed by atoms with E-state index < -0.39 is 12.0 Å². The first kappa shape index (κ1) is 14.9. The molecule has 0 fully saturated rings. The second kappa shape index (κ2) is 6.48. The number of nitrogens with one attached hydrogen (secondary N) is 1. The Bertz CT molecular complexity index is 252. The molecule has 0 aliphatic carbocycles. The highest BCUT2D eigenvalue weighted by Gasteiger charge is 2.23. The Kier molecular flexibility index (Phi) is 6.03. The van der Waals surface area contributed by atoms with E-state index in [2.05, 4.69) is 5.32 Å². The summed E-state index contributed by atoms with van der Waals surface area (Å²) in [4.78, 5) is 24.3. The maximum absolute atomic E-state index is 11.6. The fraction of sp³-hybridized carbons (Fsp3) is 0.818. The highest BCUT2D eigenvalue weighted by Crippen LogP contribution is 2.02. The minimum Gasteiger partial charge on any atom is -0.480 e. The van der Waals surface area contributed by atoms with E-state index in [1.807, 2.05) is 25.8 Å². The number of hydrogen-bond acceptors (Lipinski definition) is 3. The van der Waals surface area contributed by atoms with Gasteiger partial charge in [-0.15, -0.1) is 0 Å². The molecule has 0 aromatic heterocycles. The van der Waals surface area contributed by atoms with Crippen molar-refractivity contribution in [3.63, 3.8) is 0 Å². The average Bonchev–Trinajstić information content (AvgIpc) is 2.12. The summed E-state index contributed by atoms with van der Waals surface area (Å²) in [6.45, 7) is 7.71. The normalized spacial score (nSPS) is 13.2. The van der Waals surface area contributed by atoms with Gasteiger partial charge in [0.25, 0.3) is 0 Å². The second-order valence-corrected chi connectivity index (χ2v) is 4.64. The molecule has 1 atom stereocenters. The van der Waals surface area contributed by atoms with Crippen molar-refractivity contribution in [2.24, 2.45) is 5.92 Å². The van der Waals surface area contributed by atoms with Crippen LogP contribution in [0.2, 0.25) is 0 Å². The number of hydrogen-bond donors (Lipinski definition) is 2. The molecule has 16 heavy (non-hydrogen) atoms. The number of carbonyl (C=O) groups excluding carboxylic acids is 1. The van der Waals surface area contributed by atoms with Crippen LogP contribution in [0.1, 0.15) is 27.7 Å². The Labute approximate surface area is 96.8 Å². The number of likely N-dealkylation sites (N-methyl/N-ethyl adjacent to an activating group) is 1. The molecule has 0 rings (SSSR count). The Balaban J connectivity index is 4.26. The third-order valence-electron chi connectivity index (χ3n) is 2.52. The largest absolute Gasteiger partial charge is 0.480 e. The first-order valence-electron chi connectivity index (χ1n) is 5.48. The third-order valence-corrected chi connectivity index (χ3v) is 2.52. The van der Waals surface area contributed by atoms with E-state index in [-0.39, 0.29) is 24.4 Å². The van der Waals surface area contributed by atoms with E-state index >= 15 is 0 Å². The molecule has 0 aliphatic heterocycles. The van der Waals surface area contributed by atoms with Gasteiger partial charge in [0, 0.05) is 6.04 Å². The van der Waals surface area contributed by atoms with Crippen LogP contribution < -0.4 is 5.32 Å². The highest BCUT2D eigenvalue weighted by molar-refractivity contribution is 5.84. The lowest BCUT2D eigenvalue weighted by Gasteiger charge is -2.23. The lowest BCUT2D eigenvalue weighted by Crippen LogP contribution is -2.48. The number of nitrogens with zero attached hydrogens (tertiary/aromatic N) is 1. The van der Waals surface area contributed by atoms with Gasteiger partial charge in [-0.3, -0.25) is 9.69 Å². The number of carboxylic acid groups (broad SMARTS) is 1. The van der Waals surface area contributed by atoms with Crippen molar-refractivity contribution in [1.29, 1.82) is 0 Å². The smallest absolute Gasteiger partial charge is 0.326 e. The van der Waals surface area contributed by atoms with Gasteiger partial charge in [-0.25, -0.2) is 4.79 Å². The van der Waals surface area contributed by atoms with Crippen molar-refractivity contribution >= 4 is 11.9 Å². The summed E-state index contributed by atoms with van der Waals surface area (Å²) in [6, 6.07) is -0.554. The summed E-state index contributed by atoms with van der Waals surface area (Å²) in [5.74, 6) is -1.36. The van der Waals surface area contributed by atoms with E-state index in [1.54, 1.807) is 13.8 Å². The zero-order valence-electron chi connectivity index (χ0n) is 10.7. The van der Waals surface area contributed by atoms with Crippen molar-refractivity contribution in [3.8, 4) is 0 Å². The summed E-state index contributed by atoms with van der Waals surface area (Å²) in [5, 5.41) is 11.4. The molecule has 5 nitrogen and oxygen atoms in total. The Morgan fingerprint density at radius 2 is 1.75 bits per heavy atom. The zero-order chi connectivity index (χ0) is 12.9. The van der Waals surface area contributed by atoms with Crippen LogP contribution in [0.25, 0.3) is 0 Å². The van der Waals surface area contributed by atoms with Gasteiger partial charge in [0.05, 0.1) is 6.54 Å². The molecule has 0 saturated carbocycles. The SMILES string of the molecule is CC(C)[C@@H](NC(=O)CN(C)C(C)C)C(=O)O. The molecular weight excluding hydrogens is 208 g/mol. The van der Waals surface area contributed by atoms with Crippen molar-refractivity contribution in [2.75, 3.05) is 13.6 Å². The zero-order valence-corrected chi connectivity index (χ0v) is 10.7. The Morgan fingerprint density at radius 3 is 2.06 bits per heavy atom. The molecular formula is C11H22N2O3. The summed E-state index contributed by atoms with van der Waals surface area (Å²) in [6.07, 6.45) is 0. The third kappa shape index (κ3) is 5.11. The molecule has 0 spiro atoms. The summed E-state index contributed by atoms with van der Waals surface area (Å²) >= 11 is 0. The first-order chi connectivity index (χ1) is 7.25. The first-order valence-corrected chi connectivity index (χ1v) is 5.48. The van der Waals surface area contributed by atoms with Gasteiger partial charge in [0.15, 0.2) is 0 Å². The van der Waals surface area contributed by atoms with Crippen molar-refractivity contribution in [1.82, 2.24) is 10.2 Å². The monoisotopic (exact) mass is 230 g/mol. The molecule has 0 aliphatic rings. The van der Waals surface area contributed by atoms with E-state index in [0.29, 0.717) is 0 Å². The fourth-order valence-corrected chi connectivity index (χ4v) is 1.14. The van der Waals surface area contributed by atoms with Gasteiger partial charge in [0.1, 0.15) is 6.04 Å². The molecule has 94 valence electrons. The lowest BCUT2D eigenvalue weighted by atomic mass is 10.0. The van der Waals surface area contributed by atoms with Gasteiger partial charge in [0.2, 0.25) is 5.91 Å². The van der Waals surface area contributed by atoms with Crippen LogP contribution in [0, 0.1) is 5.92 Å². The predicted molar refractivity (Wildman–Crippen MR) is 62.2 cm³/mol. The Hall–Kier alpha value is -1.10. The molecule has 0 saturated heterocycles. The molecule has 1 amide bonds. The van der Waals surface area contributed by atoms with E-state index in [0.717, 1.165) is 0 Å². The number of aliphatic carboxylic acids is 1. The van der Waals surface area contributed by atoms with E-state index in [4.69, 9.17) is 5.11 Å². The van der Waals surface area contributed by atoms with Crippen LogP contribution >= 0.6 is 0 Å². The molecule has 0 radical (unpaired) electrons. The predicted octanol–water partition coefficient (Wildman–Crippen LogP) is 0.552. The topological polar surface area (TPSA) is 69.6 Å². The van der Waals surface area contributed by atoms with Crippen LogP contribution in [0.4, 0.5) is 0 Å². The fourth-order valence-electron chi connectivity index (χ4n) is 1.14. The van der Waals surface area contributed by atoms with Crippen LogP contribution in [0.3, 0.4) is 0 Å². The van der Waals surface area contributed by atoms with E-state index in [1.165, 1.54) is 0 Å². The summed E-state index contributed by atoms with van der Waals surface area (Å²) in [7, 11) is 1.83. The van der Waals surface area contributed by atoms with Gasteiger partial charge in [-0.05, 0) is 26.8 Å². The number of amides is 1. The molecule has 2 N–H and O–H groups in total. The number of carboxylic acids is 1. The van der Waals surface area contributed by atoms with E-state index in [9.17, 15) is 9.59 Å². The van der Waals surface area contributed by atoms with Crippen LogP contribution in [0.5, 0.6) is 0 Å². The minimum absolute atomic E-state index is 0.120. The van der Waals surface area contributed by atoms with Crippen LogP contribution in [-0.4, -0.2) is 47.6 Å². The van der Waals surface area contributed by atoms with Gasteiger partial charge in [-0.2, -0.15) is 0 Å². The minimum atomic E-state index is -0.990. The Morgan fingerprint density at radius 1 is 1.25 bits per heavy atom. The van der Waals surface area contributed by atoms with Crippen LogP contribution in [0.15, 0.2) is 0 Å². The molecule has 0 bridgehead atoms. The van der Waals surface area contributed by atoms with Crippen molar-refractivity contribution in [2.45, 2.75) is 39.8 Å². The quantitative estimate of drug-likeness (QED) is 0.699.